The number of nitrogens with one attached hydrogen (secondary N) is 1. The van der Waals surface area contributed by atoms with Crippen LogP contribution >= 0.6 is 31.9 Å². The van der Waals surface area contributed by atoms with Crippen molar-refractivity contribution in [3.8, 4) is 11.3 Å². The second-order valence-corrected chi connectivity index (χ2v) is 4.82. The molecular weight excluding hydrogens is 322 g/mol. The Morgan fingerprint density at radius 3 is 2.60 bits per heavy atom. The van der Waals surface area contributed by atoms with Crippen molar-refractivity contribution in [2.45, 2.75) is 6.54 Å². The molecule has 0 bridgehead atoms. The standard InChI is InChI=1S/C10H9Br2N3/c11-8-2-1-6(3-9(8)12)10-4-7(5-13)14-15-10/h1-4H,5,13H2,(H,14,15). The molecule has 0 saturated heterocycles. The maximum atomic E-state index is 5.51. The van der Waals surface area contributed by atoms with Gasteiger partial charge in [-0.15, -0.1) is 0 Å². The quantitative estimate of drug-likeness (QED) is 0.889. The van der Waals surface area contributed by atoms with E-state index in [9.17, 15) is 0 Å². The highest BCUT2D eigenvalue weighted by Crippen LogP contribution is 2.28. The maximum Gasteiger partial charge on any atom is 0.0924 e. The van der Waals surface area contributed by atoms with Crippen LogP contribution in [0.1, 0.15) is 5.69 Å². The molecule has 0 amide bonds. The van der Waals surface area contributed by atoms with E-state index in [1.54, 1.807) is 0 Å². The van der Waals surface area contributed by atoms with Gasteiger partial charge in [0.25, 0.3) is 0 Å². The minimum Gasteiger partial charge on any atom is -0.325 e. The predicted octanol–water partition coefficient (Wildman–Crippen LogP) is 3.06. The molecule has 1 aromatic heterocycles. The lowest BCUT2D eigenvalue weighted by Gasteiger charge is -1.99. The summed E-state index contributed by atoms with van der Waals surface area (Å²) in [6.07, 6.45) is 0. The first kappa shape index (κ1) is 10.9. The fraction of sp³-hybridized carbons (Fsp3) is 0.100. The van der Waals surface area contributed by atoms with Gasteiger partial charge in [-0.1, -0.05) is 6.07 Å². The highest BCUT2D eigenvalue weighted by Gasteiger charge is 2.04. The number of nitrogens with two attached hydrogens (primary N) is 1. The van der Waals surface area contributed by atoms with Crippen LogP contribution in [0.5, 0.6) is 0 Å². The Labute approximate surface area is 104 Å². The van der Waals surface area contributed by atoms with E-state index in [0.717, 1.165) is 25.9 Å². The van der Waals surface area contributed by atoms with Crippen LogP contribution in [0.25, 0.3) is 11.3 Å². The average Bonchev–Trinajstić information content (AvgIpc) is 2.70. The third kappa shape index (κ3) is 2.30. The van der Waals surface area contributed by atoms with Crippen molar-refractivity contribution in [2.24, 2.45) is 5.73 Å². The van der Waals surface area contributed by atoms with Crippen LogP contribution in [-0.2, 0) is 6.54 Å². The Balaban J connectivity index is 2.40. The number of nitrogens with zero attached hydrogens (tertiary/aromatic N) is 1. The zero-order valence-corrected chi connectivity index (χ0v) is 11.0. The van der Waals surface area contributed by atoms with Crippen LogP contribution in [0.4, 0.5) is 0 Å². The lowest BCUT2D eigenvalue weighted by atomic mass is 10.1. The van der Waals surface area contributed by atoms with E-state index in [1.807, 2.05) is 24.3 Å². The van der Waals surface area contributed by atoms with E-state index in [4.69, 9.17) is 5.73 Å². The van der Waals surface area contributed by atoms with Crippen molar-refractivity contribution >= 4 is 31.9 Å². The van der Waals surface area contributed by atoms with Crippen LogP contribution in [-0.4, -0.2) is 10.2 Å². The topological polar surface area (TPSA) is 54.7 Å². The maximum absolute atomic E-state index is 5.51. The Hall–Kier alpha value is -0.650. The lowest BCUT2D eigenvalue weighted by Crippen LogP contribution is -1.95. The first-order valence-electron chi connectivity index (χ1n) is 4.40. The van der Waals surface area contributed by atoms with Crippen molar-refractivity contribution in [3.05, 3.63) is 38.9 Å². The highest BCUT2D eigenvalue weighted by molar-refractivity contribution is 9.13. The summed E-state index contributed by atoms with van der Waals surface area (Å²) in [6, 6.07) is 7.96. The Morgan fingerprint density at radius 2 is 2.00 bits per heavy atom. The third-order valence-electron chi connectivity index (χ3n) is 2.07. The van der Waals surface area contributed by atoms with E-state index in [2.05, 4.69) is 42.1 Å². The average molecular weight is 331 g/mol. The van der Waals surface area contributed by atoms with Crippen LogP contribution in [0.15, 0.2) is 33.2 Å². The number of hydrogen-bond acceptors (Lipinski definition) is 2. The van der Waals surface area contributed by atoms with Gasteiger partial charge < -0.3 is 5.73 Å². The molecule has 1 heterocycles. The molecule has 5 heteroatoms. The first-order chi connectivity index (χ1) is 7.20. The molecule has 0 aliphatic heterocycles. The van der Waals surface area contributed by atoms with Crippen molar-refractivity contribution in [2.75, 3.05) is 0 Å². The lowest BCUT2D eigenvalue weighted by molar-refractivity contribution is 0.948. The second-order valence-electron chi connectivity index (χ2n) is 3.11. The van der Waals surface area contributed by atoms with Crippen LogP contribution in [0, 0.1) is 0 Å². The van der Waals surface area contributed by atoms with Gasteiger partial charge in [-0.05, 0) is 50.1 Å². The SMILES string of the molecule is NCc1cc(-c2ccc(Br)c(Br)c2)n[nH]1. The molecule has 2 aromatic rings. The summed E-state index contributed by atoms with van der Waals surface area (Å²) in [4.78, 5) is 0. The first-order valence-corrected chi connectivity index (χ1v) is 5.99. The number of H-pyrrole nitrogens is 1. The predicted molar refractivity (Wildman–Crippen MR) is 67.3 cm³/mol. The molecule has 0 atom stereocenters. The monoisotopic (exact) mass is 329 g/mol. The number of aromatic amines is 1. The highest BCUT2D eigenvalue weighted by atomic mass is 79.9. The molecule has 15 heavy (non-hydrogen) atoms. The normalized spacial score (nSPS) is 10.6. The summed E-state index contributed by atoms with van der Waals surface area (Å²) in [7, 11) is 0. The number of aromatic nitrogens is 2. The summed E-state index contributed by atoms with van der Waals surface area (Å²) in [5.41, 5.74) is 8.40. The van der Waals surface area contributed by atoms with E-state index in [1.165, 1.54) is 0 Å². The molecule has 0 saturated carbocycles. The van der Waals surface area contributed by atoms with Gasteiger partial charge in [0, 0.05) is 26.7 Å². The van der Waals surface area contributed by atoms with Crippen LogP contribution in [0.3, 0.4) is 0 Å². The molecule has 0 aliphatic carbocycles. The van der Waals surface area contributed by atoms with Crippen LogP contribution in [0.2, 0.25) is 0 Å². The van der Waals surface area contributed by atoms with Gasteiger partial charge in [0.05, 0.1) is 5.69 Å². The molecule has 1 aromatic carbocycles. The third-order valence-corrected chi connectivity index (χ3v) is 3.95. The van der Waals surface area contributed by atoms with Gasteiger partial charge in [-0.3, -0.25) is 5.10 Å². The molecule has 0 spiro atoms. The van der Waals surface area contributed by atoms with Crippen molar-refractivity contribution in [1.29, 1.82) is 0 Å². The summed E-state index contributed by atoms with van der Waals surface area (Å²) >= 11 is 6.88. The minimum atomic E-state index is 0.477. The summed E-state index contributed by atoms with van der Waals surface area (Å²) < 4.78 is 2.04. The van der Waals surface area contributed by atoms with Crippen molar-refractivity contribution in [1.82, 2.24) is 10.2 Å². The molecule has 2 rings (SSSR count). The van der Waals surface area contributed by atoms with Crippen molar-refractivity contribution < 1.29 is 0 Å². The minimum absolute atomic E-state index is 0.477. The molecule has 0 radical (unpaired) electrons. The summed E-state index contributed by atoms with van der Waals surface area (Å²) in [5.74, 6) is 0. The van der Waals surface area contributed by atoms with Gasteiger partial charge in [-0.25, -0.2) is 0 Å². The zero-order chi connectivity index (χ0) is 10.8. The molecule has 0 unspecified atom stereocenters. The summed E-state index contributed by atoms with van der Waals surface area (Å²) in [5, 5.41) is 7.07. The molecule has 3 nitrogen and oxygen atoms in total. The second kappa shape index (κ2) is 4.47. The molecule has 0 aliphatic rings. The number of rotatable bonds is 2. The Kier molecular flexibility index (Phi) is 3.23. The smallest absolute Gasteiger partial charge is 0.0924 e. The summed E-state index contributed by atoms with van der Waals surface area (Å²) in [6.45, 7) is 0.477. The van der Waals surface area contributed by atoms with E-state index in [0.29, 0.717) is 6.54 Å². The van der Waals surface area contributed by atoms with Gasteiger partial charge in [0.15, 0.2) is 0 Å². The number of hydrogen-bond donors (Lipinski definition) is 2. The van der Waals surface area contributed by atoms with E-state index in [-0.39, 0.29) is 0 Å². The number of benzene rings is 1. The Morgan fingerprint density at radius 1 is 1.20 bits per heavy atom. The molecule has 3 N–H and O–H groups in total. The molecular formula is C10H9Br2N3. The van der Waals surface area contributed by atoms with Crippen molar-refractivity contribution in [3.63, 3.8) is 0 Å². The Bertz CT molecular complexity index is 479. The van der Waals surface area contributed by atoms with E-state index >= 15 is 0 Å². The fourth-order valence-corrected chi connectivity index (χ4v) is 1.89. The largest absolute Gasteiger partial charge is 0.325 e. The number of halogens is 2. The van der Waals surface area contributed by atoms with E-state index < -0.39 is 0 Å². The fourth-order valence-electron chi connectivity index (χ4n) is 1.27. The van der Waals surface area contributed by atoms with Crippen LogP contribution < -0.4 is 5.73 Å². The molecule has 0 fully saturated rings. The van der Waals surface area contributed by atoms with Gasteiger partial charge in [0.1, 0.15) is 0 Å². The van der Waals surface area contributed by atoms with Gasteiger partial charge in [-0.2, -0.15) is 5.10 Å². The van der Waals surface area contributed by atoms with Gasteiger partial charge >= 0.3 is 0 Å². The molecule has 78 valence electrons. The zero-order valence-electron chi connectivity index (χ0n) is 7.80. The van der Waals surface area contributed by atoms with Gasteiger partial charge in [0.2, 0.25) is 0 Å².